The lowest BCUT2D eigenvalue weighted by Crippen LogP contribution is -2.42. The fourth-order valence-corrected chi connectivity index (χ4v) is 3.50. The van der Waals surface area contributed by atoms with Crippen LogP contribution in [0, 0.1) is 23.2 Å². The van der Waals surface area contributed by atoms with Crippen molar-refractivity contribution >= 4 is 11.7 Å². The molecule has 1 aromatic heterocycles. The van der Waals surface area contributed by atoms with Gasteiger partial charge in [0.1, 0.15) is 5.82 Å². The Labute approximate surface area is 129 Å². The van der Waals surface area contributed by atoms with Gasteiger partial charge in [0, 0.05) is 25.9 Å². The van der Waals surface area contributed by atoms with Gasteiger partial charge in [0.2, 0.25) is 5.91 Å². The molecule has 0 radical (unpaired) electrons. The summed E-state index contributed by atoms with van der Waals surface area (Å²) in [7, 11) is 0. The molecule has 0 bridgehead atoms. The molecule has 1 aromatic rings. The van der Waals surface area contributed by atoms with Gasteiger partial charge in [-0.2, -0.15) is 5.26 Å². The van der Waals surface area contributed by atoms with E-state index in [2.05, 4.69) is 16.0 Å². The summed E-state index contributed by atoms with van der Waals surface area (Å²) < 4.78 is 5.77. The molecular weight excluding hydrogens is 280 g/mol. The van der Waals surface area contributed by atoms with Crippen LogP contribution in [0.25, 0.3) is 0 Å². The van der Waals surface area contributed by atoms with Crippen molar-refractivity contribution in [3.63, 3.8) is 0 Å². The van der Waals surface area contributed by atoms with Gasteiger partial charge < -0.3 is 15.4 Å². The van der Waals surface area contributed by atoms with Crippen molar-refractivity contribution in [3.8, 4) is 6.07 Å². The van der Waals surface area contributed by atoms with Gasteiger partial charge in [-0.3, -0.25) is 4.79 Å². The van der Waals surface area contributed by atoms with Gasteiger partial charge in [-0.1, -0.05) is 0 Å². The second kappa shape index (κ2) is 6.32. The second-order valence-corrected chi connectivity index (χ2v) is 5.97. The van der Waals surface area contributed by atoms with Crippen molar-refractivity contribution in [2.24, 2.45) is 17.6 Å². The lowest BCUT2D eigenvalue weighted by atomic mass is 9.84. The smallest absolute Gasteiger partial charge is 0.223 e. The molecule has 0 spiro atoms. The molecule has 2 saturated heterocycles. The lowest BCUT2D eigenvalue weighted by Gasteiger charge is -2.36. The molecule has 2 atom stereocenters. The van der Waals surface area contributed by atoms with E-state index in [0.29, 0.717) is 18.1 Å². The third-order valence-corrected chi connectivity index (χ3v) is 4.70. The molecule has 0 aliphatic carbocycles. The first kappa shape index (κ1) is 14.8. The van der Waals surface area contributed by atoms with Gasteiger partial charge >= 0.3 is 0 Å². The monoisotopic (exact) mass is 300 g/mol. The Bertz CT molecular complexity index is 590. The first-order valence-corrected chi connectivity index (χ1v) is 7.71. The SMILES string of the molecule is N#Cc1ccnc(N2CCC([C@H]3OCC[C@@H]3C(N)=O)CC2)c1. The number of carbonyl (C=O) groups excluding carboxylic acids is 1. The number of hydrogen-bond acceptors (Lipinski definition) is 5. The molecule has 0 unspecified atom stereocenters. The minimum Gasteiger partial charge on any atom is -0.377 e. The number of aromatic nitrogens is 1. The molecule has 0 aromatic carbocycles. The van der Waals surface area contributed by atoms with Crippen molar-refractivity contribution in [2.75, 3.05) is 24.6 Å². The quantitative estimate of drug-likeness (QED) is 0.901. The van der Waals surface area contributed by atoms with E-state index in [4.69, 9.17) is 15.7 Å². The number of amides is 1. The summed E-state index contributed by atoms with van der Waals surface area (Å²) in [5, 5.41) is 8.97. The molecule has 116 valence electrons. The zero-order chi connectivity index (χ0) is 15.5. The Kier molecular flexibility index (Phi) is 4.25. The van der Waals surface area contributed by atoms with Gasteiger partial charge in [-0.25, -0.2) is 4.98 Å². The number of piperidine rings is 1. The van der Waals surface area contributed by atoms with Crippen molar-refractivity contribution in [3.05, 3.63) is 23.9 Å². The van der Waals surface area contributed by atoms with Gasteiger partial charge in [0.05, 0.1) is 23.7 Å². The van der Waals surface area contributed by atoms with E-state index in [1.807, 2.05) is 6.07 Å². The number of pyridine rings is 1. The maximum Gasteiger partial charge on any atom is 0.223 e. The number of carbonyl (C=O) groups is 1. The highest BCUT2D eigenvalue weighted by atomic mass is 16.5. The average molecular weight is 300 g/mol. The standard InChI is InChI=1S/C16H20N4O2/c17-10-11-1-5-19-14(9-11)20-6-2-12(3-7-20)15-13(16(18)21)4-8-22-15/h1,5,9,12-13,15H,2-4,6-8H2,(H2,18,21)/t13-,15+/m0/s1. The molecule has 6 heteroatoms. The normalized spacial score (nSPS) is 25.9. The van der Waals surface area contributed by atoms with Gasteiger partial charge in [0.25, 0.3) is 0 Å². The molecular formula is C16H20N4O2. The van der Waals surface area contributed by atoms with Crippen LogP contribution in [0.4, 0.5) is 5.82 Å². The second-order valence-electron chi connectivity index (χ2n) is 5.97. The van der Waals surface area contributed by atoms with E-state index in [1.54, 1.807) is 12.3 Å². The predicted molar refractivity (Wildman–Crippen MR) is 80.9 cm³/mol. The molecule has 6 nitrogen and oxygen atoms in total. The van der Waals surface area contributed by atoms with Crippen LogP contribution in [0.5, 0.6) is 0 Å². The summed E-state index contributed by atoms with van der Waals surface area (Å²) in [6.07, 6.45) is 4.28. The van der Waals surface area contributed by atoms with Crippen LogP contribution in [0.3, 0.4) is 0 Å². The number of hydrogen-bond donors (Lipinski definition) is 1. The molecule has 3 heterocycles. The van der Waals surface area contributed by atoms with Gasteiger partial charge in [-0.05, 0) is 37.3 Å². The fourth-order valence-electron chi connectivity index (χ4n) is 3.50. The lowest BCUT2D eigenvalue weighted by molar-refractivity contribution is -0.124. The van der Waals surface area contributed by atoms with E-state index in [9.17, 15) is 4.79 Å². The maximum atomic E-state index is 11.5. The van der Waals surface area contributed by atoms with E-state index in [0.717, 1.165) is 38.2 Å². The summed E-state index contributed by atoms with van der Waals surface area (Å²) in [6, 6.07) is 5.67. The van der Waals surface area contributed by atoms with Crippen molar-refractivity contribution in [1.82, 2.24) is 4.98 Å². The highest BCUT2D eigenvalue weighted by molar-refractivity contribution is 5.77. The van der Waals surface area contributed by atoms with Crippen LogP contribution < -0.4 is 10.6 Å². The van der Waals surface area contributed by atoms with Crippen LogP contribution >= 0.6 is 0 Å². The highest BCUT2D eigenvalue weighted by Crippen LogP contribution is 2.33. The number of primary amides is 1. The molecule has 2 aliphatic heterocycles. The minimum atomic E-state index is -0.242. The number of ether oxygens (including phenoxy) is 1. The third kappa shape index (κ3) is 2.90. The number of nitrogens with two attached hydrogens (primary N) is 1. The third-order valence-electron chi connectivity index (χ3n) is 4.70. The number of anilines is 1. The van der Waals surface area contributed by atoms with E-state index < -0.39 is 0 Å². The Morgan fingerprint density at radius 2 is 2.18 bits per heavy atom. The summed E-state index contributed by atoms with van der Waals surface area (Å²) in [6.45, 7) is 2.35. The first-order valence-electron chi connectivity index (χ1n) is 7.71. The Morgan fingerprint density at radius 1 is 1.41 bits per heavy atom. The van der Waals surface area contributed by atoms with E-state index in [1.165, 1.54) is 0 Å². The average Bonchev–Trinajstić information content (AvgIpc) is 3.05. The number of rotatable bonds is 3. The maximum absolute atomic E-state index is 11.5. The van der Waals surface area contributed by atoms with Crippen LogP contribution in [-0.2, 0) is 9.53 Å². The van der Waals surface area contributed by atoms with E-state index >= 15 is 0 Å². The summed E-state index contributed by atoms with van der Waals surface area (Å²) >= 11 is 0. The molecule has 1 amide bonds. The highest BCUT2D eigenvalue weighted by Gasteiger charge is 2.39. The number of nitriles is 1. The summed E-state index contributed by atoms with van der Waals surface area (Å²) in [5.41, 5.74) is 6.10. The topological polar surface area (TPSA) is 92.2 Å². The van der Waals surface area contributed by atoms with Crippen LogP contribution in [-0.4, -0.2) is 36.7 Å². The van der Waals surface area contributed by atoms with Gasteiger partial charge in [-0.15, -0.1) is 0 Å². The largest absolute Gasteiger partial charge is 0.377 e. The molecule has 2 N–H and O–H groups in total. The van der Waals surface area contributed by atoms with Crippen LogP contribution in [0.1, 0.15) is 24.8 Å². The Hall–Kier alpha value is -2.13. The van der Waals surface area contributed by atoms with Gasteiger partial charge in [0.15, 0.2) is 0 Å². The Balaban J connectivity index is 1.63. The zero-order valence-electron chi connectivity index (χ0n) is 12.4. The predicted octanol–water partition coefficient (Wildman–Crippen LogP) is 1.06. The van der Waals surface area contributed by atoms with Crippen molar-refractivity contribution < 1.29 is 9.53 Å². The number of nitrogens with zero attached hydrogens (tertiary/aromatic N) is 3. The molecule has 2 fully saturated rings. The summed E-state index contributed by atoms with van der Waals surface area (Å²) in [4.78, 5) is 18.0. The molecule has 22 heavy (non-hydrogen) atoms. The molecule has 3 rings (SSSR count). The van der Waals surface area contributed by atoms with Crippen molar-refractivity contribution in [2.45, 2.75) is 25.4 Å². The first-order chi connectivity index (χ1) is 10.7. The van der Waals surface area contributed by atoms with Crippen LogP contribution in [0.2, 0.25) is 0 Å². The molecule has 0 saturated carbocycles. The van der Waals surface area contributed by atoms with Crippen LogP contribution in [0.15, 0.2) is 18.3 Å². The van der Waals surface area contributed by atoms with E-state index in [-0.39, 0.29) is 17.9 Å². The zero-order valence-corrected chi connectivity index (χ0v) is 12.4. The Morgan fingerprint density at radius 3 is 2.86 bits per heavy atom. The van der Waals surface area contributed by atoms with Crippen molar-refractivity contribution in [1.29, 1.82) is 5.26 Å². The summed E-state index contributed by atoms with van der Waals surface area (Å²) in [5.74, 6) is 0.830. The molecule has 2 aliphatic rings. The minimum absolute atomic E-state index is 0.0296. The fraction of sp³-hybridized carbons (Fsp3) is 0.562.